The van der Waals surface area contributed by atoms with E-state index in [-0.39, 0.29) is 0 Å². The lowest BCUT2D eigenvalue weighted by Crippen LogP contribution is -2.02. The molecule has 0 atom stereocenters. The summed E-state index contributed by atoms with van der Waals surface area (Å²) in [5, 5.41) is 0. The summed E-state index contributed by atoms with van der Waals surface area (Å²) >= 11 is 0. The van der Waals surface area contributed by atoms with E-state index in [9.17, 15) is 9.59 Å². The molecule has 0 radical (unpaired) electrons. The van der Waals surface area contributed by atoms with Gasteiger partial charge in [0, 0.05) is 11.1 Å². The molecule has 0 aromatic carbocycles. The van der Waals surface area contributed by atoms with Gasteiger partial charge in [0.25, 0.3) is 0 Å². The standard InChI is InChI=1S/C28H18O4/c1-31-27(29)25-21(17-19-11-5-3-7-15-23(19)25)13-9-10-14-22-18-20-12-6-4-8-16-24(20)26(22)28(30)32-2/h3-8,11-12,15-18H,1-2H3. The molecule has 0 amide bonds. The fraction of sp³-hybridized carbons (Fsp3) is 0.0714. The minimum Gasteiger partial charge on any atom is -0.465 e. The Labute approximate surface area is 186 Å². The maximum absolute atomic E-state index is 12.4. The quantitative estimate of drug-likeness (QED) is 0.344. The number of esters is 2. The third kappa shape index (κ3) is 3.90. The molecule has 0 saturated heterocycles. The van der Waals surface area contributed by atoms with Crippen molar-refractivity contribution in [2.45, 2.75) is 0 Å². The Kier molecular flexibility index (Phi) is 5.88. The molecule has 0 spiro atoms. The molecule has 4 heteroatoms. The van der Waals surface area contributed by atoms with Gasteiger partial charge in [-0.25, -0.2) is 9.59 Å². The lowest BCUT2D eigenvalue weighted by atomic mass is 10.1. The molecular formula is C28H18O4. The Hall–Kier alpha value is -4.54. The van der Waals surface area contributed by atoms with Crippen molar-refractivity contribution in [3.63, 3.8) is 0 Å². The van der Waals surface area contributed by atoms with Crippen molar-refractivity contribution in [1.82, 2.24) is 0 Å². The summed E-state index contributed by atoms with van der Waals surface area (Å²) in [7, 11) is 2.69. The fourth-order valence-corrected chi connectivity index (χ4v) is 3.61. The number of rotatable bonds is 2. The molecule has 154 valence electrons. The highest BCUT2D eigenvalue weighted by Crippen LogP contribution is 2.32. The number of hydrogen-bond acceptors (Lipinski definition) is 4. The van der Waals surface area contributed by atoms with E-state index < -0.39 is 11.9 Å². The molecule has 0 aromatic rings. The van der Waals surface area contributed by atoms with Gasteiger partial charge in [-0.05, 0) is 46.2 Å². The Bertz CT molecular complexity index is 1280. The lowest BCUT2D eigenvalue weighted by molar-refractivity contribution is 0.0592. The molecule has 4 aliphatic rings. The molecule has 4 rings (SSSR count). The Morgan fingerprint density at radius 3 is 1.44 bits per heavy atom. The molecule has 0 fully saturated rings. The van der Waals surface area contributed by atoms with Crippen LogP contribution in [0.5, 0.6) is 0 Å². The van der Waals surface area contributed by atoms with Gasteiger partial charge in [-0.3, -0.25) is 0 Å². The smallest absolute Gasteiger partial charge is 0.339 e. The second-order valence-corrected chi connectivity index (χ2v) is 6.91. The van der Waals surface area contributed by atoms with E-state index in [1.807, 2.05) is 72.8 Å². The maximum atomic E-state index is 12.4. The van der Waals surface area contributed by atoms with Crippen molar-refractivity contribution in [3.8, 4) is 45.9 Å². The van der Waals surface area contributed by atoms with Gasteiger partial charge in [0.05, 0.1) is 25.3 Å². The normalized spacial score (nSPS) is 9.94. The maximum Gasteiger partial charge on any atom is 0.339 e. The molecule has 0 aliphatic heterocycles. The fourth-order valence-electron chi connectivity index (χ4n) is 3.61. The highest BCUT2D eigenvalue weighted by molar-refractivity contribution is 6.03. The van der Waals surface area contributed by atoms with Crippen molar-refractivity contribution in [3.05, 3.63) is 95.1 Å². The molecule has 4 nitrogen and oxygen atoms in total. The summed E-state index contributed by atoms with van der Waals surface area (Å²) in [6.07, 6.45) is 0. The number of ether oxygens (including phenoxy) is 2. The van der Waals surface area contributed by atoms with E-state index in [1.54, 1.807) is 0 Å². The van der Waals surface area contributed by atoms with Crippen molar-refractivity contribution in [1.29, 1.82) is 0 Å². The van der Waals surface area contributed by atoms with E-state index in [2.05, 4.69) is 23.7 Å². The van der Waals surface area contributed by atoms with E-state index in [0.29, 0.717) is 22.3 Å². The van der Waals surface area contributed by atoms with Crippen LogP contribution in [0.3, 0.4) is 0 Å². The first-order valence-corrected chi connectivity index (χ1v) is 9.86. The lowest BCUT2D eigenvalue weighted by Gasteiger charge is -2.00. The van der Waals surface area contributed by atoms with Crippen LogP contribution < -0.4 is 0 Å². The Morgan fingerprint density at radius 2 is 1.03 bits per heavy atom. The van der Waals surface area contributed by atoms with Gasteiger partial charge in [-0.1, -0.05) is 72.5 Å². The summed E-state index contributed by atoms with van der Waals surface area (Å²) in [4.78, 5) is 24.7. The van der Waals surface area contributed by atoms with E-state index in [1.165, 1.54) is 14.2 Å². The van der Waals surface area contributed by atoms with Crippen molar-refractivity contribution in [2.24, 2.45) is 0 Å². The number of carbonyl (C=O) groups excluding carboxylic acids is 2. The van der Waals surface area contributed by atoms with Gasteiger partial charge in [-0.2, -0.15) is 0 Å². The second-order valence-electron chi connectivity index (χ2n) is 6.91. The topological polar surface area (TPSA) is 52.6 Å². The van der Waals surface area contributed by atoms with Gasteiger partial charge < -0.3 is 9.47 Å². The first kappa shape index (κ1) is 20.7. The highest BCUT2D eigenvalue weighted by atomic mass is 16.5. The van der Waals surface area contributed by atoms with Crippen molar-refractivity contribution >= 4 is 11.9 Å². The molecule has 4 aliphatic carbocycles. The minimum absolute atomic E-state index is 0.412. The molecule has 0 unspecified atom stereocenters. The van der Waals surface area contributed by atoms with Gasteiger partial charge in [-0.15, -0.1) is 0 Å². The largest absolute Gasteiger partial charge is 0.465 e. The molecule has 0 aromatic heterocycles. The summed E-state index contributed by atoms with van der Waals surface area (Å²) in [6.45, 7) is 0. The van der Waals surface area contributed by atoms with Crippen LogP contribution in [-0.4, -0.2) is 26.2 Å². The summed E-state index contributed by atoms with van der Waals surface area (Å²) in [6, 6.07) is 22.5. The Morgan fingerprint density at radius 1 is 0.625 bits per heavy atom. The molecule has 32 heavy (non-hydrogen) atoms. The zero-order valence-electron chi connectivity index (χ0n) is 17.6. The number of fused-ring (bicyclic) bond motifs is 2. The van der Waals surface area contributed by atoms with Gasteiger partial charge in [0.15, 0.2) is 0 Å². The molecule has 0 saturated carbocycles. The van der Waals surface area contributed by atoms with Crippen LogP contribution in [0, 0.1) is 23.7 Å². The van der Waals surface area contributed by atoms with Crippen LogP contribution in [0.4, 0.5) is 0 Å². The first-order valence-electron chi connectivity index (χ1n) is 9.86. The zero-order chi connectivity index (χ0) is 22.5. The minimum atomic E-state index is -0.452. The van der Waals surface area contributed by atoms with Crippen LogP contribution >= 0.6 is 0 Å². The van der Waals surface area contributed by atoms with Crippen LogP contribution in [0.2, 0.25) is 0 Å². The average molecular weight is 418 g/mol. The third-order valence-corrected chi connectivity index (χ3v) is 5.06. The first-order chi connectivity index (χ1) is 15.6. The van der Waals surface area contributed by atoms with Crippen molar-refractivity contribution < 1.29 is 19.1 Å². The second kappa shape index (κ2) is 9.08. The van der Waals surface area contributed by atoms with Gasteiger partial charge >= 0.3 is 11.9 Å². The van der Waals surface area contributed by atoms with Gasteiger partial charge in [0.2, 0.25) is 0 Å². The molecule has 0 heterocycles. The summed E-state index contributed by atoms with van der Waals surface area (Å²) < 4.78 is 9.90. The zero-order valence-corrected chi connectivity index (χ0v) is 17.6. The summed E-state index contributed by atoms with van der Waals surface area (Å²) in [5.74, 6) is 10.6. The van der Waals surface area contributed by atoms with Gasteiger partial charge in [0.1, 0.15) is 0 Å². The predicted molar refractivity (Wildman–Crippen MR) is 123 cm³/mol. The molecular weight excluding hydrogens is 400 g/mol. The summed E-state index contributed by atoms with van der Waals surface area (Å²) in [5.41, 5.74) is 5.21. The van der Waals surface area contributed by atoms with E-state index >= 15 is 0 Å². The number of methoxy groups -OCH3 is 2. The number of carbonyl (C=O) groups is 2. The SMILES string of the molecule is COC(=O)c1c(C#CC#Cc2cc3cccccc-3c2C(=O)OC)cc2cccccc1-2. The van der Waals surface area contributed by atoms with Crippen LogP contribution in [0.1, 0.15) is 31.8 Å². The predicted octanol–water partition coefficient (Wildman–Crippen LogP) is 4.87. The van der Waals surface area contributed by atoms with E-state index in [4.69, 9.17) is 9.47 Å². The van der Waals surface area contributed by atoms with Crippen molar-refractivity contribution in [2.75, 3.05) is 14.2 Å². The highest BCUT2D eigenvalue weighted by Gasteiger charge is 2.21. The van der Waals surface area contributed by atoms with Crippen LogP contribution in [-0.2, 0) is 9.47 Å². The third-order valence-electron chi connectivity index (χ3n) is 5.06. The average Bonchev–Trinajstić information content (AvgIpc) is 3.10. The Balaban J connectivity index is 1.78. The number of hydrogen-bond donors (Lipinski definition) is 0. The molecule has 0 bridgehead atoms. The van der Waals surface area contributed by atoms with Crippen LogP contribution in [0.15, 0.2) is 72.8 Å². The molecule has 0 N–H and O–H groups in total. The van der Waals surface area contributed by atoms with Crippen LogP contribution in [0.25, 0.3) is 22.3 Å². The monoisotopic (exact) mass is 418 g/mol. The van der Waals surface area contributed by atoms with E-state index in [0.717, 1.165) is 22.3 Å².